The van der Waals surface area contributed by atoms with Crippen molar-refractivity contribution in [1.82, 2.24) is 24.6 Å². The number of piperazine rings is 1. The van der Waals surface area contributed by atoms with Crippen LogP contribution >= 0.6 is 11.8 Å². The van der Waals surface area contributed by atoms with Crippen LogP contribution in [0.25, 0.3) is 11.4 Å². The van der Waals surface area contributed by atoms with Crippen LogP contribution in [0.2, 0.25) is 0 Å². The van der Waals surface area contributed by atoms with Gasteiger partial charge in [-0.15, -0.1) is 10.2 Å². The molecule has 0 radical (unpaired) electrons. The Morgan fingerprint density at radius 2 is 1.78 bits per heavy atom. The second kappa shape index (κ2) is 10.3. The number of aromatic nitrogens is 3. The topological polar surface area (TPSA) is 54.3 Å². The molecule has 1 amide bonds. The van der Waals surface area contributed by atoms with Crippen molar-refractivity contribution in [2.45, 2.75) is 39.0 Å². The molecule has 0 spiro atoms. The summed E-state index contributed by atoms with van der Waals surface area (Å²) in [5.41, 5.74) is 4.94. The highest BCUT2D eigenvalue weighted by Gasteiger charge is 2.22. The number of rotatable bonds is 7. The monoisotopic (exact) mass is 449 g/mol. The zero-order valence-corrected chi connectivity index (χ0v) is 19.9. The molecule has 1 aliphatic rings. The van der Waals surface area contributed by atoms with Gasteiger partial charge in [0.2, 0.25) is 5.91 Å². The highest BCUT2D eigenvalue weighted by molar-refractivity contribution is 7.99. The van der Waals surface area contributed by atoms with Crippen molar-refractivity contribution in [1.29, 1.82) is 0 Å². The molecule has 2 heterocycles. The van der Waals surface area contributed by atoms with Gasteiger partial charge in [0, 0.05) is 44.8 Å². The maximum Gasteiger partial charge on any atom is 0.233 e. The predicted octanol–water partition coefficient (Wildman–Crippen LogP) is 4.02. The molecule has 2 aromatic carbocycles. The minimum atomic E-state index is 0.174. The highest BCUT2D eigenvalue weighted by atomic mass is 32.2. The van der Waals surface area contributed by atoms with E-state index in [0.717, 1.165) is 55.8 Å². The third kappa shape index (κ3) is 5.22. The summed E-state index contributed by atoms with van der Waals surface area (Å²) in [6.45, 7) is 11.4. The number of carbonyl (C=O) groups excluding carboxylic acids is 1. The average molecular weight is 450 g/mol. The van der Waals surface area contributed by atoms with Crippen LogP contribution in [0.15, 0.2) is 53.7 Å². The summed E-state index contributed by atoms with van der Waals surface area (Å²) in [4.78, 5) is 17.3. The van der Waals surface area contributed by atoms with Crippen molar-refractivity contribution < 1.29 is 4.79 Å². The fourth-order valence-corrected chi connectivity index (χ4v) is 4.98. The Morgan fingerprint density at radius 3 is 2.50 bits per heavy atom. The van der Waals surface area contributed by atoms with E-state index in [1.54, 1.807) is 0 Å². The number of thioether (sulfide) groups is 1. The first kappa shape index (κ1) is 22.6. The molecular formula is C25H31N5OS. The SMILES string of the molecule is CCn1c(SCC(=O)N2CCN(Cc3ccccc3C)CC2)nnc1-c1cccc(C)c1. The summed E-state index contributed by atoms with van der Waals surface area (Å²) in [6.07, 6.45) is 0. The van der Waals surface area contributed by atoms with Crippen molar-refractivity contribution in [3.8, 4) is 11.4 Å². The Morgan fingerprint density at radius 1 is 1.00 bits per heavy atom. The Kier molecular flexibility index (Phi) is 7.27. The van der Waals surface area contributed by atoms with Crippen LogP contribution in [-0.4, -0.2) is 62.4 Å². The summed E-state index contributed by atoms with van der Waals surface area (Å²) in [5.74, 6) is 1.42. The summed E-state index contributed by atoms with van der Waals surface area (Å²) >= 11 is 1.48. The first-order valence-electron chi connectivity index (χ1n) is 11.2. The fourth-order valence-electron chi connectivity index (χ4n) is 4.08. The second-order valence-electron chi connectivity index (χ2n) is 8.29. The smallest absolute Gasteiger partial charge is 0.233 e. The normalized spacial score (nSPS) is 14.7. The van der Waals surface area contributed by atoms with Crippen LogP contribution in [0.4, 0.5) is 0 Å². The van der Waals surface area contributed by atoms with Gasteiger partial charge >= 0.3 is 0 Å². The first-order valence-corrected chi connectivity index (χ1v) is 12.2. The van der Waals surface area contributed by atoms with E-state index >= 15 is 0 Å². The van der Waals surface area contributed by atoms with Gasteiger partial charge in [0.1, 0.15) is 0 Å². The molecule has 4 rings (SSSR count). The van der Waals surface area contributed by atoms with Gasteiger partial charge in [-0.3, -0.25) is 9.69 Å². The van der Waals surface area contributed by atoms with Gasteiger partial charge in [-0.2, -0.15) is 0 Å². The van der Waals surface area contributed by atoms with E-state index in [2.05, 4.69) is 82.9 Å². The third-order valence-electron chi connectivity index (χ3n) is 6.01. The average Bonchev–Trinajstić information content (AvgIpc) is 3.22. The van der Waals surface area contributed by atoms with Crippen LogP contribution in [0.3, 0.4) is 0 Å². The van der Waals surface area contributed by atoms with Crippen molar-refractivity contribution in [3.05, 3.63) is 65.2 Å². The van der Waals surface area contributed by atoms with Crippen molar-refractivity contribution in [2.24, 2.45) is 0 Å². The number of benzene rings is 2. The van der Waals surface area contributed by atoms with E-state index < -0.39 is 0 Å². The maximum atomic E-state index is 12.8. The molecule has 0 bridgehead atoms. The summed E-state index contributed by atoms with van der Waals surface area (Å²) in [5, 5.41) is 9.58. The molecule has 168 valence electrons. The lowest BCUT2D eigenvalue weighted by Crippen LogP contribution is -2.48. The molecule has 32 heavy (non-hydrogen) atoms. The molecule has 0 unspecified atom stereocenters. The number of nitrogens with zero attached hydrogens (tertiary/aromatic N) is 5. The molecule has 0 atom stereocenters. The quantitative estimate of drug-likeness (QED) is 0.510. The molecular weight excluding hydrogens is 418 g/mol. The summed E-state index contributed by atoms with van der Waals surface area (Å²) in [7, 11) is 0. The molecule has 1 aliphatic heterocycles. The minimum absolute atomic E-state index is 0.174. The molecule has 1 aromatic heterocycles. The summed E-state index contributed by atoms with van der Waals surface area (Å²) < 4.78 is 2.09. The zero-order valence-electron chi connectivity index (χ0n) is 19.1. The van der Waals surface area contributed by atoms with E-state index in [1.165, 1.54) is 28.5 Å². The first-order chi connectivity index (χ1) is 15.5. The van der Waals surface area contributed by atoms with E-state index in [1.807, 2.05) is 11.0 Å². The van der Waals surface area contributed by atoms with Crippen LogP contribution in [-0.2, 0) is 17.9 Å². The van der Waals surface area contributed by atoms with Gasteiger partial charge in [-0.25, -0.2) is 0 Å². The molecule has 7 heteroatoms. The lowest BCUT2D eigenvalue weighted by molar-refractivity contribution is -0.130. The molecule has 0 saturated carbocycles. The molecule has 6 nitrogen and oxygen atoms in total. The number of hydrogen-bond donors (Lipinski definition) is 0. The number of carbonyl (C=O) groups is 1. The Hall–Kier alpha value is -2.64. The second-order valence-corrected chi connectivity index (χ2v) is 9.23. The highest BCUT2D eigenvalue weighted by Crippen LogP contribution is 2.25. The van der Waals surface area contributed by atoms with Crippen molar-refractivity contribution in [2.75, 3.05) is 31.9 Å². The molecule has 1 fully saturated rings. The van der Waals surface area contributed by atoms with Gasteiger partial charge in [0.05, 0.1) is 5.75 Å². The number of amides is 1. The lowest BCUT2D eigenvalue weighted by atomic mass is 10.1. The Balaban J connectivity index is 1.31. The van der Waals surface area contributed by atoms with Crippen molar-refractivity contribution in [3.63, 3.8) is 0 Å². The maximum absolute atomic E-state index is 12.8. The number of hydrogen-bond acceptors (Lipinski definition) is 5. The standard InChI is InChI=1S/C25H31N5OS/c1-4-30-24(21-11-7-8-19(2)16-21)26-27-25(30)32-18-23(31)29-14-12-28(13-15-29)17-22-10-6-5-9-20(22)3/h5-11,16H,4,12-15,17-18H2,1-3H3. The largest absolute Gasteiger partial charge is 0.339 e. The van der Waals surface area contributed by atoms with Crippen LogP contribution < -0.4 is 0 Å². The van der Waals surface area contributed by atoms with Gasteiger partial charge in [-0.05, 0) is 38.0 Å². The van der Waals surface area contributed by atoms with Crippen molar-refractivity contribution >= 4 is 17.7 Å². The van der Waals surface area contributed by atoms with E-state index in [-0.39, 0.29) is 5.91 Å². The molecule has 0 N–H and O–H groups in total. The Bertz CT molecular complexity index is 1070. The van der Waals surface area contributed by atoms with Crippen LogP contribution in [0.1, 0.15) is 23.6 Å². The van der Waals surface area contributed by atoms with Gasteiger partial charge in [0.15, 0.2) is 11.0 Å². The molecule has 0 aliphatic carbocycles. The third-order valence-corrected chi connectivity index (χ3v) is 6.97. The lowest BCUT2D eigenvalue weighted by Gasteiger charge is -2.35. The van der Waals surface area contributed by atoms with Gasteiger partial charge in [-0.1, -0.05) is 59.8 Å². The minimum Gasteiger partial charge on any atom is -0.339 e. The van der Waals surface area contributed by atoms with E-state index in [0.29, 0.717) is 5.75 Å². The van der Waals surface area contributed by atoms with Crippen LogP contribution in [0.5, 0.6) is 0 Å². The predicted molar refractivity (Wildman–Crippen MR) is 130 cm³/mol. The fraction of sp³-hybridized carbons (Fsp3) is 0.400. The Labute approximate surface area is 194 Å². The van der Waals surface area contributed by atoms with E-state index in [4.69, 9.17) is 0 Å². The molecule has 1 saturated heterocycles. The van der Waals surface area contributed by atoms with E-state index in [9.17, 15) is 4.79 Å². The molecule has 3 aromatic rings. The van der Waals surface area contributed by atoms with Gasteiger partial charge < -0.3 is 9.47 Å². The zero-order chi connectivity index (χ0) is 22.5. The van der Waals surface area contributed by atoms with Gasteiger partial charge in [0.25, 0.3) is 0 Å². The van der Waals surface area contributed by atoms with Crippen LogP contribution in [0, 0.1) is 13.8 Å². The number of aryl methyl sites for hydroxylation is 2. The summed E-state index contributed by atoms with van der Waals surface area (Å²) in [6, 6.07) is 16.8.